The third-order valence-corrected chi connectivity index (χ3v) is 7.77. The Bertz CT molecular complexity index is 1650. The van der Waals surface area contributed by atoms with Gasteiger partial charge in [-0.2, -0.15) is 0 Å². The highest BCUT2D eigenvalue weighted by molar-refractivity contribution is 6.43. The number of carbonyl (C=O) groups is 4. The number of hydrogen-bond donors (Lipinski definition) is 0. The zero-order valence-corrected chi connectivity index (χ0v) is 22.4. The van der Waals surface area contributed by atoms with Crippen molar-refractivity contribution in [2.75, 3.05) is 9.80 Å². The van der Waals surface area contributed by atoms with Gasteiger partial charge >= 0.3 is 0 Å². The highest BCUT2D eigenvalue weighted by Gasteiger charge is 2.40. The molecule has 6 nitrogen and oxygen atoms in total. The first-order valence-electron chi connectivity index (χ1n) is 12.2. The molecule has 0 saturated heterocycles. The lowest BCUT2D eigenvalue weighted by Gasteiger charge is -2.19. The van der Waals surface area contributed by atoms with Crippen molar-refractivity contribution in [1.82, 2.24) is 0 Å². The number of benzene rings is 4. The molecule has 4 amide bonds. The summed E-state index contributed by atoms with van der Waals surface area (Å²) in [6, 6.07) is 20.9. The second kappa shape index (κ2) is 9.19. The number of amides is 4. The molecule has 8 heteroatoms. The van der Waals surface area contributed by atoms with Crippen molar-refractivity contribution < 1.29 is 19.2 Å². The van der Waals surface area contributed by atoms with Crippen LogP contribution in [0.4, 0.5) is 11.4 Å². The first-order valence-corrected chi connectivity index (χ1v) is 13.0. The zero-order valence-electron chi connectivity index (χ0n) is 20.9. The minimum atomic E-state index is -0.433. The zero-order chi connectivity index (χ0) is 27.6. The molecule has 2 heterocycles. The lowest BCUT2D eigenvalue weighted by molar-refractivity contribution is 0.0910. The van der Waals surface area contributed by atoms with Crippen molar-refractivity contribution in [2.45, 2.75) is 20.3 Å². The first-order chi connectivity index (χ1) is 18.7. The molecular weight excluding hydrogens is 535 g/mol. The average molecular weight is 555 g/mol. The molecule has 0 aliphatic carbocycles. The maximum absolute atomic E-state index is 13.0. The van der Waals surface area contributed by atoms with Gasteiger partial charge in [-0.05, 0) is 78.9 Å². The van der Waals surface area contributed by atoms with Gasteiger partial charge in [-0.25, -0.2) is 9.80 Å². The number of aryl methyl sites for hydroxylation is 2. The maximum atomic E-state index is 13.0. The quantitative estimate of drug-likeness (QED) is 0.260. The number of rotatable bonds is 4. The summed E-state index contributed by atoms with van der Waals surface area (Å²) in [5, 5.41) is 0.511. The second-order valence-corrected chi connectivity index (χ2v) is 10.4. The number of imide groups is 2. The van der Waals surface area contributed by atoms with Crippen LogP contribution < -0.4 is 9.80 Å². The van der Waals surface area contributed by atoms with Gasteiger partial charge in [-0.15, -0.1) is 0 Å². The van der Waals surface area contributed by atoms with E-state index in [2.05, 4.69) is 0 Å². The lowest BCUT2D eigenvalue weighted by Crippen LogP contribution is -2.30. The molecule has 192 valence electrons. The van der Waals surface area contributed by atoms with Gasteiger partial charge in [-0.3, -0.25) is 19.2 Å². The SMILES string of the molecule is Cc1cc(Cc2ccc(N3C(=O)c4cccc(Cl)c4C3=O)c(C)c2)ccc1N1C(=O)c2cccc(Cl)c2C1=O. The molecule has 39 heavy (non-hydrogen) atoms. The van der Waals surface area contributed by atoms with Gasteiger partial charge in [0.1, 0.15) is 0 Å². The van der Waals surface area contributed by atoms with Crippen LogP contribution in [0.3, 0.4) is 0 Å². The number of fused-ring (bicyclic) bond motifs is 2. The number of nitrogens with zero attached hydrogens (tertiary/aromatic N) is 2. The molecule has 0 aromatic heterocycles. The van der Waals surface area contributed by atoms with E-state index in [4.69, 9.17) is 23.2 Å². The largest absolute Gasteiger partial charge is 0.268 e. The lowest BCUT2D eigenvalue weighted by atomic mass is 9.99. The van der Waals surface area contributed by atoms with Crippen LogP contribution in [0.15, 0.2) is 72.8 Å². The van der Waals surface area contributed by atoms with Crippen LogP contribution in [0.2, 0.25) is 10.0 Å². The van der Waals surface area contributed by atoms with Gasteiger partial charge < -0.3 is 0 Å². The molecule has 0 N–H and O–H groups in total. The molecule has 4 aromatic rings. The van der Waals surface area contributed by atoms with Crippen LogP contribution in [0, 0.1) is 13.8 Å². The van der Waals surface area contributed by atoms with Gasteiger partial charge in [0, 0.05) is 0 Å². The van der Waals surface area contributed by atoms with Crippen molar-refractivity contribution in [2.24, 2.45) is 0 Å². The highest BCUT2D eigenvalue weighted by atomic mass is 35.5. The van der Waals surface area contributed by atoms with Gasteiger partial charge in [0.2, 0.25) is 0 Å². The van der Waals surface area contributed by atoms with E-state index < -0.39 is 23.6 Å². The second-order valence-electron chi connectivity index (χ2n) is 9.63. The molecule has 0 saturated carbocycles. The molecule has 0 radical (unpaired) electrons. The van der Waals surface area contributed by atoms with Crippen LogP contribution in [0.25, 0.3) is 0 Å². The minimum Gasteiger partial charge on any atom is -0.268 e. The van der Waals surface area contributed by atoms with Crippen LogP contribution in [0.5, 0.6) is 0 Å². The molecule has 2 aliphatic rings. The Hall–Kier alpha value is -4.26. The topological polar surface area (TPSA) is 74.8 Å². The van der Waals surface area contributed by atoms with Crippen LogP contribution in [-0.4, -0.2) is 23.6 Å². The third-order valence-electron chi connectivity index (χ3n) is 7.14. The fraction of sp³-hybridized carbons (Fsp3) is 0.0968. The average Bonchev–Trinajstić information content (AvgIpc) is 3.30. The van der Waals surface area contributed by atoms with Crippen molar-refractivity contribution in [3.8, 4) is 0 Å². The van der Waals surface area contributed by atoms with E-state index in [1.54, 1.807) is 48.5 Å². The Kier molecular flexibility index (Phi) is 5.90. The smallest absolute Gasteiger partial charge is 0.267 e. The molecular formula is C31H20Cl2N2O4. The minimum absolute atomic E-state index is 0.226. The predicted octanol–water partition coefficient (Wildman–Crippen LogP) is 6.80. The fourth-order valence-corrected chi connectivity index (χ4v) is 5.83. The van der Waals surface area contributed by atoms with Gasteiger partial charge in [-0.1, -0.05) is 59.6 Å². The van der Waals surface area contributed by atoms with E-state index >= 15 is 0 Å². The number of anilines is 2. The van der Waals surface area contributed by atoms with E-state index in [-0.39, 0.29) is 21.2 Å². The summed E-state index contributed by atoms with van der Waals surface area (Å²) >= 11 is 12.4. The molecule has 2 aliphatic heterocycles. The molecule has 0 atom stereocenters. The van der Waals surface area contributed by atoms with Crippen LogP contribution in [-0.2, 0) is 6.42 Å². The van der Waals surface area contributed by atoms with E-state index in [0.717, 1.165) is 22.3 Å². The summed E-state index contributed by atoms with van der Waals surface area (Å²) in [7, 11) is 0. The van der Waals surface area contributed by atoms with Gasteiger partial charge in [0.25, 0.3) is 23.6 Å². The van der Waals surface area contributed by atoms with Crippen molar-refractivity contribution in [1.29, 1.82) is 0 Å². The predicted molar refractivity (Wildman–Crippen MR) is 150 cm³/mol. The normalized spacial score (nSPS) is 14.4. The Balaban J connectivity index is 1.25. The van der Waals surface area contributed by atoms with Crippen LogP contribution >= 0.6 is 23.2 Å². The van der Waals surface area contributed by atoms with E-state index in [9.17, 15) is 19.2 Å². The number of hydrogen-bond acceptors (Lipinski definition) is 4. The van der Waals surface area contributed by atoms with Crippen molar-refractivity contribution >= 4 is 58.2 Å². The Morgan fingerprint density at radius 2 is 0.974 bits per heavy atom. The van der Waals surface area contributed by atoms with E-state index in [1.807, 2.05) is 38.1 Å². The molecule has 4 aromatic carbocycles. The molecule has 0 fully saturated rings. The number of carbonyl (C=O) groups excluding carboxylic acids is 4. The third kappa shape index (κ3) is 3.87. The Morgan fingerprint density at radius 1 is 0.564 bits per heavy atom. The van der Waals surface area contributed by atoms with Gasteiger partial charge in [0.15, 0.2) is 0 Å². The molecule has 6 rings (SSSR count). The standard InChI is InChI=1S/C31H20Cl2N2O4/c1-16-13-18(9-11-24(16)34-28(36)20-5-3-7-22(32)26(20)30(34)38)15-19-10-12-25(17(2)14-19)35-29(37)21-6-4-8-23(33)27(21)31(35)39/h3-14H,15H2,1-2H3. The van der Waals surface area contributed by atoms with Crippen LogP contribution in [0.1, 0.15) is 63.7 Å². The van der Waals surface area contributed by atoms with Gasteiger partial charge in [0.05, 0.1) is 43.7 Å². The summed E-state index contributed by atoms with van der Waals surface area (Å²) in [4.78, 5) is 54.4. The highest BCUT2D eigenvalue weighted by Crippen LogP contribution is 2.36. The van der Waals surface area contributed by atoms with Crippen molar-refractivity contribution in [3.05, 3.63) is 127 Å². The van der Waals surface area contributed by atoms with E-state index in [0.29, 0.717) is 28.9 Å². The summed E-state index contributed by atoms with van der Waals surface area (Å²) in [6.07, 6.45) is 0.574. The summed E-state index contributed by atoms with van der Waals surface area (Å²) < 4.78 is 0. The summed E-state index contributed by atoms with van der Waals surface area (Å²) in [5.41, 5.74) is 5.57. The molecule has 0 spiro atoms. The molecule has 0 unspecified atom stereocenters. The summed E-state index contributed by atoms with van der Waals surface area (Å²) in [6.45, 7) is 3.71. The Labute approximate surface area is 234 Å². The van der Waals surface area contributed by atoms with E-state index in [1.165, 1.54) is 9.80 Å². The monoisotopic (exact) mass is 554 g/mol. The fourth-order valence-electron chi connectivity index (χ4n) is 5.32. The number of halogens is 2. The maximum Gasteiger partial charge on any atom is 0.267 e. The summed E-state index contributed by atoms with van der Waals surface area (Å²) in [5.74, 6) is -1.66. The Morgan fingerprint density at radius 3 is 1.33 bits per heavy atom. The van der Waals surface area contributed by atoms with Crippen molar-refractivity contribution in [3.63, 3.8) is 0 Å². The molecule has 0 bridgehead atoms. The first kappa shape index (κ1) is 25.0.